The van der Waals surface area contributed by atoms with Crippen LogP contribution < -0.4 is 4.90 Å². The van der Waals surface area contributed by atoms with Crippen LogP contribution in [0.3, 0.4) is 0 Å². The lowest BCUT2D eigenvalue weighted by Gasteiger charge is -2.27. The van der Waals surface area contributed by atoms with Crippen LogP contribution in [0.15, 0.2) is 36.4 Å². The number of hydrogen-bond acceptors (Lipinski definition) is 5. The molecule has 0 amide bonds. The minimum absolute atomic E-state index is 0.0521. The third-order valence-corrected chi connectivity index (χ3v) is 3.49. The highest BCUT2D eigenvalue weighted by atomic mass is 16.6. The van der Waals surface area contributed by atoms with Crippen LogP contribution >= 0.6 is 0 Å². The van der Waals surface area contributed by atoms with Gasteiger partial charge in [0, 0.05) is 24.4 Å². The Bertz CT molecular complexity index is 539. The molecule has 2 rings (SSSR count). The van der Waals surface area contributed by atoms with Gasteiger partial charge in [-0.1, -0.05) is 6.58 Å². The number of hydrogen-bond donors (Lipinski definition) is 0. The topological polar surface area (TPSA) is 72.7 Å². The maximum Gasteiger partial charge on any atom is 0.335 e. The Kier molecular flexibility index (Phi) is 4.02. The monoisotopic (exact) mass is 276 g/mol. The molecule has 106 valence electrons. The van der Waals surface area contributed by atoms with E-state index >= 15 is 0 Å². The van der Waals surface area contributed by atoms with Crippen molar-refractivity contribution in [3.05, 3.63) is 46.5 Å². The molecule has 1 aliphatic rings. The van der Waals surface area contributed by atoms with Crippen molar-refractivity contribution >= 4 is 17.3 Å². The lowest BCUT2D eigenvalue weighted by atomic mass is 10.1. The Hall–Kier alpha value is -2.37. The highest BCUT2D eigenvalue weighted by molar-refractivity contribution is 5.90. The smallest absolute Gasteiger partial charge is 0.335 e. The lowest BCUT2D eigenvalue weighted by Crippen LogP contribution is -2.33. The van der Waals surface area contributed by atoms with Crippen molar-refractivity contribution in [3.8, 4) is 0 Å². The minimum Gasteiger partial charge on any atom is -0.466 e. The van der Waals surface area contributed by atoms with E-state index < -0.39 is 10.9 Å². The van der Waals surface area contributed by atoms with Crippen LogP contribution in [0.2, 0.25) is 0 Å². The fourth-order valence-corrected chi connectivity index (χ4v) is 2.47. The molecule has 1 unspecified atom stereocenters. The first-order valence-electron chi connectivity index (χ1n) is 6.33. The largest absolute Gasteiger partial charge is 0.466 e. The zero-order valence-corrected chi connectivity index (χ0v) is 11.2. The minimum atomic E-state index is -0.432. The first-order chi connectivity index (χ1) is 9.54. The predicted octanol–water partition coefficient (Wildman–Crippen LogP) is 2.29. The van der Waals surface area contributed by atoms with Crippen molar-refractivity contribution in [1.82, 2.24) is 0 Å². The molecule has 0 aromatic heterocycles. The molecular formula is C14H16N2O4. The molecule has 1 atom stereocenters. The lowest BCUT2D eigenvalue weighted by molar-refractivity contribution is -0.384. The fourth-order valence-electron chi connectivity index (χ4n) is 2.47. The van der Waals surface area contributed by atoms with Crippen molar-refractivity contribution in [2.75, 3.05) is 18.6 Å². The molecule has 6 heteroatoms. The van der Waals surface area contributed by atoms with E-state index in [-0.39, 0.29) is 11.7 Å². The van der Waals surface area contributed by atoms with Crippen molar-refractivity contribution < 1.29 is 14.5 Å². The highest BCUT2D eigenvalue weighted by Gasteiger charge is 2.30. The van der Waals surface area contributed by atoms with Gasteiger partial charge in [-0.15, -0.1) is 0 Å². The molecule has 0 bridgehead atoms. The number of nitro groups is 1. The number of nitrogens with zero attached hydrogens (tertiary/aromatic N) is 2. The number of methoxy groups -OCH3 is 1. The molecule has 1 aromatic carbocycles. The Balaban J connectivity index is 2.20. The van der Waals surface area contributed by atoms with Gasteiger partial charge in [-0.3, -0.25) is 10.1 Å². The van der Waals surface area contributed by atoms with Gasteiger partial charge >= 0.3 is 5.97 Å². The van der Waals surface area contributed by atoms with Crippen LogP contribution in [0.1, 0.15) is 12.8 Å². The molecule has 0 saturated carbocycles. The second kappa shape index (κ2) is 5.73. The number of nitro benzene ring substituents is 1. The Morgan fingerprint density at radius 1 is 1.45 bits per heavy atom. The molecule has 0 radical (unpaired) electrons. The summed E-state index contributed by atoms with van der Waals surface area (Å²) in [6, 6.07) is 6.21. The first-order valence-corrected chi connectivity index (χ1v) is 6.33. The van der Waals surface area contributed by atoms with Gasteiger partial charge in [-0.25, -0.2) is 4.79 Å². The van der Waals surface area contributed by atoms with Gasteiger partial charge in [0.25, 0.3) is 5.69 Å². The molecule has 6 nitrogen and oxygen atoms in total. The number of anilines is 1. The normalized spacial score (nSPS) is 17.9. The van der Waals surface area contributed by atoms with E-state index in [9.17, 15) is 14.9 Å². The molecular weight excluding hydrogens is 260 g/mol. The van der Waals surface area contributed by atoms with E-state index in [1.54, 1.807) is 12.1 Å². The number of carbonyl (C=O) groups is 1. The van der Waals surface area contributed by atoms with Gasteiger partial charge in [0.15, 0.2) is 0 Å². The van der Waals surface area contributed by atoms with Crippen LogP contribution in [-0.4, -0.2) is 30.6 Å². The maximum atomic E-state index is 11.6. The number of rotatable bonds is 4. The molecule has 0 aliphatic carbocycles. The standard InChI is InChI=1S/C14H16N2O4/c1-10(14(17)20-2)13-4-3-9-15(13)11-5-7-12(8-6-11)16(18)19/h5-8,13H,1,3-4,9H2,2H3. The second-order valence-corrected chi connectivity index (χ2v) is 4.64. The fraction of sp³-hybridized carbons (Fsp3) is 0.357. The summed E-state index contributed by atoms with van der Waals surface area (Å²) in [5, 5.41) is 10.7. The summed E-state index contributed by atoms with van der Waals surface area (Å²) < 4.78 is 4.70. The van der Waals surface area contributed by atoms with Crippen molar-refractivity contribution in [2.24, 2.45) is 0 Å². The Morgan fingerprint density at radius 2 is 2.10 bits per heavy atom. The van der Waals surface area contributed by atoms with Crippen molar-refractivity contribution in [3.63, 3.8) is 0 Å². The van der Waals surface area contributed by atoms with Crippen molar-refractivity contribution in [1.29, 1.82) is 0 Å². The summed E-state index contributed by atoms with van der Waals surface area (Å²) in [6.45, 7) is 4.59. The van der Waals surface area contributed by atoms with E-state index in [4.69, 9.17) is 4.74 Å². The summed E-state index contributed by atoms with van der Waals surface area (Å²) in [7, 11) is 1.33. The quantitative estimate of drug-likeness (QED) is 0.365. The molecule has 20 heavy (non-hydrogen) atoms. The highest BCUT2D eigenvalue weighted by Crippen LogP contribution is 2.30. The van der Waals surface area contributed by atoms with E-state index in [1.165, 1.54) is 19.2 Å². The molecule has 1 aromatic rings. The van der Waals surface area contributed by atoms with Gasteiger partial charge in [0.2, 0.25) is 0 Å². The van der Waals surface area contributed by atoms with Crippen LogP contribution in [-0.2, 0) is 9.53 Å². The van der Waals surface area contributed by atoms with E-state index in [0.29, 0.717) is 5.57 Å². The predicted molar refractivity (Wildman–Crippen MR) is 74.6 cm³/mol. The van der Waals surface area contributed by atoms with Gasteiger partial charge in [-0.2, -0.15) is 0 Å². The summed E-state index contributed by atoms with van der Waals surface area (Å²) in [5.74, 6) is -0.413. The van der Waals surface area contributed by atoms with E-state index in [0.717, 1.165) is 25.1 Å². The zero-order valence-electron chi connectivity index (χ0n) is 11.2. The SMILES string of the molecule is C=C(C(=O)OC)C1CCCN1c1ccc([N+](=O)[O-])cc1. The Labute approximate surface area is 116 Å². The first kappa shape index (κ1) is 14.0. The summed E-state index contributed by atoms with van der Waals surface area (Å²) >= 11 is 0. The number of ether oxygens (including phenoxy) is 1. The summed E-state index contributed by atoms with van der Waals surface area (Å²) in [6.07, 6.45) is 1.77. The number of carbonyl (C=O) groups excluding carboxylic acids is 1. The Morgan fingerprint density at radius 3 is 2.65 bits per heavy atom. The molecule has 0 N–H and O–H groups in total. The molecule has 1 saturated heterocycles. The molecule has 1 heterocycles. The molecule has 1 fully saturated rings. The van der Waals surface area contributed by atoms with Gasteiger partial charge in [-0.05, 0) is 25.0 Å². The van der Waals surface area contributed by atoms with E-state index in [2.05, 4.69) is 6.58 Å². The van der Waals surface area contributed by atoms with Gasteiger partial charge in [0.05, 0.1) is 23.6 Å². The van der Waals surface area contributed by atoms with Crippen LogP contribution in [0, 0.1) is 10.1 Å². The number of non-ortho nitro benzene ring substituents is 1. The van der Waals surface area contributed by atoms with Gasteiger partial charge < -0.3 is 9.64 Å². The van der Waals surface area contributed by atoms with Crippen LogP contribution in [0.4, 0.5) is 11.4 Å². The third kappa shape index (κ3) is 2.64. The molecule has 1 aliphatic heterocycles. The average Bonchev–Trinajstić information content (AvgIpc) is 2.95. The van der Waals surface area contributed by atoms with Crippen LogP contribution in [0.25, 0.3) is 0 Å². The van der Waals surface area contributed by atoms with Gasteiger partial charge in [0.1, 0.15) is 0 Å². The third-order valence-electron chi connectivity index (χ3n) is 3.49. The molecule has 0 spiro atoms. The number of benzene rings is 1. The average molecular weight is 276 g/mol. The zero-order chi connectivity index (χ0) is 14.7. The summed E-state index contributed by atoms with van der Waals surface area (Å²) in [5.41, 5.74) is 1.32. The summed E-state index contributed by atoms with van der Waals surface area (Å²) in [4.78, 5) is 23.8. The maximum absolute atomic E-state index is 11.6. The van der Waals surface area contributed by atoms with E-state index in [1.807, 2.05) is 4.90 Å². The second-order valence-electron chi connectivity index (χ2n) is 4.64. The van der Waals surface area contributed by atoms with Crippen LogP contribution in [0.5, 0.6) is 0 Å². The number of esters is 1. The van der Waals surface area contributed by atoms with Crippen molar-refractivity contribution in [2.45, 2.75) is 18.9 Å².